The van der Waals surface area contributed by atoms with Crippen LogP contribution in [-0.2, 0) is 4.79 Å². The highest BCUT2D eigenvalue weighted by molar-refractivity contribution is 5.76. The molecule has 1 fully saturated rings. The number of rotatable bonds is 3. The largest absolute Gasteiger partial charge is 0.368 e. The van der Waals surface area contributed by atoms with Crippen molar-refractivity contribution < 1.29 is 4.79 Å². The van der Waals surface area contributed by atoms with E-state index in [0.29, 0.717) is 12.0 Å². The summed E-state index contributed by atoms with van der Waals surface area (Å²) in [6, 6.07) is 8.05. The Morgan fingerprint density at radius 2 is 2.09 bits per heavy atom. The van der Waals surface area contributed by atoms with Gasteiger partial charge in [0.2, 0.25) is 5.91 Å². The van der Waals surface area contributed by atoms with Crippen LogP contribution in [0.2, 0.25) is 0 Å². The summed E-state index contributed by atoms with van der Waals surface area (Å²) in [5, 5.41) is 9.30. The van der Waals surface area contributed by atoms with E-state index in [9.17, 15) is 10.1 Å². The lowest BCUT2D eigenvalue weighted by Crippen LogP contribution is -2.48. The predicted octanol–water partition coefficient (Wildman–Crippen LogP) is 1.80. The van der Waals surface area contributed by atoms with Crippen molar-refractivity contribution in [2.24, 2.45) is 0 Å². The first kappa shape index (κ1) is 15.1. The zero-order valence-electron chi connectivity index (χ0n) is 13.1. The van der Waals surface area contributed by atoms with Crippen LogP contribution in [0.3, 0.4) is 0 Å². The molecule has 6 heteroatoms. The van der Waals surface area contributed by atoms with Gasteiger partial charge in [0.05, 0.1) is 17.6 Å². The molecule has 23 heavy (non-hydrogen) atoms. The van der Waals surface area contributed by atoms with E-state index in [1.807, 2.05) is 40.8 Å². The van der Waals surface area contributed by atoms with Gasteiger partial charge in [-0.15, -0.1) is 0 Å². The molecule has 2 aromatic rings. The first-order valence-corrected chi connectivity index (χ1v) is 7.78. The topological polar surface area (TPSA) is 65.2 Å². The summed E-state index contributed by atoms with van der Waals surface area (Å²) in [6.45, 7) is 4.99. The van der Waals surface area contributed by atoms with Gasteiger partial charge in [-0.25, -0.2) is 4.98 Å². The first-order chi connectivity index (χ1) is 11.2. The summed E-state index contributed by atoms with van der Waals surface area (Å²) >= 11 is 0. The molecule has 0 bridgehead atoms. The summed E-state index contributed by atoms with van der Waals surface area (Å²) in [4.78, 5) is 20.0. The number of aromatic nitrogens is 2. The second kappa shape index (κ2) is 6.53. The number of anilines is 1. The van der Waals surface area contributed by atoms with E-state index in [1.165, 1.54) is 0 Å². The maximum Gasteiger partial charge on any atom is 0.222 e. The monoisotopic (exact) mass is 309 g/mol. The molecule has 0 atom stereocenters. The van der Waals surface area contributed by atoms with Gasteiger partial charge in [0, 0.05) is 50.7 Å². The Kier molecular flexibility index (Phi) is 4.29. The Hall–Kier alpha value is -2.81. The number of carbonyl (C=O) groups is 1. The number of hydrogen-bond donors (Lipinski definition) is 0. The molecule has 1 aliphatic heterocycles. The lowest BCUT2D eigenvalue weighted by Gasteiger charge is -2.36. The molecule has 1 aliphatic rings. The van der Waals surface area contributed by atoms with Crippen LogP contribution >= 0.6 is 0 Å². The Bertz CT molecular complexity index is 724. The van der Waals surface area contributed by atoms with Crippen LogP contribution in [0, 0.1) is 11.3 Å². The van der Waals surface area contributed by atoms with Gasteiger partial charge in [-0.05, 0) is 18.2 Å². The molecule has 1 aromatic heterocycles. The Morgan fingerprint density at radius 3 is 2.70 bits per heavy atom. The summed E-state index contributed by atoms with van der Waals surface area (Å²) in [5.41, 5.74) is 2.51. The molecule has 2 heterocycles. The fraction of sp³-hybridized carbons (Fsp3) is 0.353. The molecule has 0 N–H and O–H groups in total. The third-order valence-corrected chi connectivity index (χ3v) is 4.18. The normalized spacial score (nSPS) is 14.6. The Morgan fingerprint density at radius 1 is 1.30 bits per heavy atom. The van der Waals surface area contributed by atoms with Crippen LogP contribution in [0.5, 0.6) is 0 Å². The minimum atomic E-state index is 0.212. The fourth-order valence-electron chi connectivity index (χ4n) is 2.86. The summed E-state index contributed by atoms with van der Waals surface area (Å²) in [7, 11) is 0. The predicted molar refractivity (Wildman–Crippen MR) is 87.4 cm³/mol. The van der Waals surface area contributed by atoms with Gasteiger partial charge in [0.15, 0.2) is 0 Å². The minimum Gasteiger partial charge on any atom is -0.368 e. The van der Waals surface area contributed by atoms with E-state index < -0.39 is 0 Å². The van der Waals surface area contributed by atoms with Crippen LogP contribution in [-0.4, -0.2) is 46.5 Å². The van der Waals surface area contributed by atoms with Crippen molar-refractivity contribution in [3.63, 3.8) is 0 Å². The Labute approximate surface area is 135 Å². The maximum absolute atomic E-state index is 11.8. The van der Waals surface area contributed by atoms with Crippen molar-refractivity contribution in [1.82, 2.24) is 14.5 Å². The number of nitriles is 1. The molecule has 1 amide bonds. The number of nitrogens with zero attached hydrogens (tertiary/aromatic N) is 5. The van der Waals surface area contributed by atoms with Crippen LogP contribution in [0.15, 0.2) is 36.9 Å². The van der Waals surface area contributed by atoms with Crippen molar-refractivity contribution in [1.29, 1.82) is 5.26 Å². The van der Waals surface area contributed by atoms with Gasteiger partial charge in [-0.1, -0.05) is 6.92 Å². The maximum atomic E-state index is 11.8. The average Bonchev–Trinajstić information content (AvgIpc) is 3.15. The fourth-order valence-corrected chi connectivity index (χ4v) is 2.86. The number of amides is 1. The second-order valence-electron chi connectivity index (χ2n) is 5.50. The lowest BCUT2D eigenvalue weighted by atomic mass is 10.1. The zero-order valence-corrected chi connectivity index (χ0v) is 13.1. The van der Waals surface area contributed by atoms with Gasteiger partial charge in [0.1, 0.15) is 6.07 Å². The molecule has 0 radical (unpaired) electrons. The molecule has 1 aromatic carbocycles. The molecule has 0 aliphatic carbocycles. The highest BCUT2D eigenvalue weighted by Gasteiger charge is 2.20. The number of imidazole rings is 1. The Balaban J connectivity index is 1.81. The third-order valence-electron chi connectivity index (χ3n) is 4.18. The summed E-state index contributed by atoms with van der Waals surface area (Å²) in [6.07, 6.45) is 5.78. The molecule has 1 saturated heterocycles. The van der Waals surface area contributed by atoms with Crippen molar-refractivity contribution >= 4 is 11.6 Å². The van der Waals surface area contributed by atoms with Gasteiger partial charge >= 0.3 is 0 Å². The quantitative estimate of drug-likeness (QED) is 0.867. The average molecular weight is 309 g/mol. The molecule has 118 valence electrons. The summed E-state index contributed by atoms with van der Waals surface area (Å²) < 4.78 is 1.85. The van der Waals surface area contributed by atoms with Crippen LogP contribution in [0.4, 0.5) is 5.69 Å². The van der Waals surface area contributed by atoms with Gasteiger partial charge in [0.25, 0.3) is 0 Å². The van der Waals surface area contributed by atoms with Gasteiger partial charge < -0.3 is 14.4 Å². The summed E-state index contributed by atoms with van der Waals surface area (Å²) in [5.74, 6) is 0.212. The van der Waals surface area contributed by atoms with Gasteiger partial charge in [-0.3, -0.25) is 4.79 Å². The molecule has 6 nitrogen and oxygen atoms in total. The number of benzene rings is 1. The number of carbonyl (C=O) groups excluding carboxylic acids is 1. The molecule has 0 unspecified atom stereocenters. The highest BCUT2D eigenvalue weighted by Crippen LogP contribution is 2.23. The molecular formula is C17H19N5O. The number of hydrogen-bond acceptors (Lipinski definition) is 4. The smallest absolute Gasteiger partial charge is 0.222 e. The standard InChI is InChI=1S/C17H19N5O/c1-2-17(23)21-9-7-20(8-10-21)15-4-3-14(12-18)16(11-15)22-6-5-19-13-22/h3-6,11,13H,2,7-10H2,1H3. The van der Waals surface area contributed by atoms with Crippen LogP contribution in [0.25, 0.3) is 5.69 Å². The van der Waals surface area contributed by atoms with E-state index in [-0.39, 0.29) is 5.91 Å². The van der Waals surface area contributed by atoms with Crippen molar-refractivity contribution in [3.8, 4) is 11.8 Å². The zero-order chi connectivity index (χ0) is 16.2. The molecule has 3 rings (SSSR count). The van der Waals surface area contributed by atoms with E-state index in [4.69, 9.17) is 0 Å². The van der Waals surface area contributed by atoms with Crippen LogP contribution in [0.1, 0.15) is 18.9 Å². The molecular weight excluding hydrogens is 290 g/mol. The molecule has 0 saturated carbocycles. The minimum absolute atomic E-state index is 0.212. The molecule has 0 spiro atoms. The van der Waals surface area contributed by atoms with Crippen LogP contribution < -0.4 is 4.90 Å². The van der Waals surface area contributed by atoms with Gasteiger partial charge in [-0.2, -0.15) is 5.26 Å². The SMILES string of the molecule is CCC(=O)N1CCN(c2ccc(C#N)c(-n3ccnc3)c2)CC1. The lowest BCUT2D eigenvalue weighted by molar-refractivity contribution is -0.131. The van der Waals surface area contributed by atoms with E-state index in [0.717, 1.165) is 37.6 Å². The van der Waals surface area contributed by atoms with Crippen molar-refractivity contribution in [3.05, 3.63) is 42.5 Å². The highest BCUT2D eigenvalue weighted by atomic mass is 16.2. The number of piperazine rings is 1. The van der Waals surface area contributed by atoms with E-state index in [2.05, 4.69) is 16.0 Å². The van der Waals surface area contributed by atoms with E-state index >= 15 is 0 Å². The van der Waals surface area contributed by atoms with Crippen molar-refractivity contribution in [2.75, 3.05) is 31.1 Å². The second-order valence-corrected chi connectivity index (χ2v) is 5.50. The third kappa shape index (κ3) is 3.04. The first-order valence-electron chi connectivity index (χ1n) is 7.78. The van der Waals surface area contributed by atoms with E-state index in [1.54, 1.807) is 12.5 Å². The van der Waals surface area contributed by atoms with Crippen molar-refractivity contribution in [2.45, 2.75) is 13.3 Å².